The van der Waals surface area contributed by atoms with Crippen molar-refractivity contribution >= 4 is 23.2 Å². The van der Waals surface area contributed by atoms with Gasteiger partial charge in [0.15, 0.2) is 0 Å². The molecule has 7 heteroatoms. The van der Waals surface area contributed by atoms with E-state index in [4.69, 9.17) is 0 Å². The number of hydrogen-bond donors (Lipinski definition) is 2. The lowest BCUT2D eigenvalue weighted by Gasteiger charge is -2.18. The summed E-state index contributed by atoms with van der Waals surface area (Å²) in [7, 11) is 3.87. The Morgan fingerprint density at radius 1 is 1.43 bits per heavy atom. The number of thiazole rings is 1. The molecule has 0 aliphatic rings. The van der Waals surface area contributed by atoms with Gasteiger partial charge in [-0.05, 0) is 19.4 Å². The minimum Gasteiger partial charge on any atom is -0.362 e. The SMILES string of the molecule is CC[C@@H](NC(=O)NCc1cccnc1N(C)C)c1nc(C)cs1. The molecule has 0 bridgehead atoms. The van der Waals surface area contributed by atoms with E-state index in [9.17, 15) is 4.79 Å². The maximum atomic E-state index is 12.2. The van der Waals surface area contributed by atoms with Crippen molar-refractivity contribution in [2.24, 2.45) is 0 Å². The van der Waals surface area contributed by atoms with Crippen LogP contribution in [0, 0.1) is 6.92 Å². The summed E-state index contributed by atoms with van der Waals surface area (Å²) in [5.41, 5.74) is 1.96. The molecule has 124 valence electrons. The molecule has 2 aromatic rings. The van der Waals surface area contributed by atoms with Gasteiger partial charge in [-0.15, -0.1) is 11.3 Å². The summed E-state index contributed by atoms with van der Waals surface area (Å²) in [6.45, 7) is 4.42. The average molecular weight is 333 g/mol. The molecule has 0 aliphatic heterocycles. The first-order valence-corrected chi connectivity index (χ1v) is 8.46. The number of aryl methyl sites for hydroxylation is 1. The molecule has 0 saturated heterocycles. The predicted molar refractivity (Wildman–Crippen MR) is 93.8 cm³/mol. The van der Waals surface area contributed by atoms with Crippen LogP contribution in [0.3, 0.4) is 0 Å². The summed E-state index contributed by atoms with van der Waals surface area (Å²) >= 11 is 1.57. The van der Waals surface area contributed by atoms with Crippen LogP contribution in [0.25, 0.3) is 0 Å². The Bertz CT molecular complexity index is 655. The van der Waals surface area contributed by atoms with Crippen LogP contribution in [-0.2, 0) is 6.54 Å². The Kier molecular flexibility index (Phi) is 5.92. The molecule has 6 nitrogen and oxygen atoms in total. The molecular formula is C16H23N5OS. The lowest BCUT2D eigenvalue weighted by atomic mass is 10.2. The normalized spacial score (nSPS) is 11.8. The largest absolute Gasteiger partial charge is 0.362 e. The number of urea groups is 1. The fraction of sp³-hybridized carbons (Fsp3) is 0.438. The number of nitrogens with one attached hydrogen (secondary N) is 2. The van der Waals surface area contributed by atoms with Crippen LogP contribution < -0.4 is 15.5 Å². The van der Waals surface area contributed by atoms with Crippen LogP contribution in [-0.4, -0.2) is 30.1 Å². The van der Waals surface area contributed by atoms with Crippen molar-refractivity contribution in [1.82, 2.24) is 20.6 Å². The summed E-state index contributed by atoms with van der Waals surface area (Å²) in [6.07, 6.45) is 2.55. The Morgan fingerprint density at radius 3 is 2.83 bits per heavy atom. The maximum Gasteiger partial charge on any atom is 0.315 e. The molecule has 0 unspecified atom stereocenters. The van der Waals surface area contributed by atoms with Gasteiger partial charge in [0, 0.05) is 43.5 Å². The number of carbonyl (C=O) groups excluding carboxylic acids is 1. The standard InChI is InChI=1S/C16H23N5OS/c1-5-13(15-19-11(2)10-23-15)20-16(22)18-9-12-7-6-8-17-14(12)21(3)4/h6-8,10,13H,5,9H2,1-4H3,(H2,18,20,22)/t13-/m1/s1. The number of anilines is 1. The van der Waals surface area contributed by atoms with Crippen LogP contribution in [0.4, 0.5) is 10.6 Å². The van der Waals surface area contributed by atoms with Crippen LogP contribution in [0.15, 0.2) is 23.7 Å². The number of carbonyl (C=O) groups is 1. The van der Waals surface area contributed by atoms with Crippen LogP contribution in [0.5, 0.6) is 0 Å². The van der Waals surface area contributed by atoms with Gasteiger partial charge in [0.05, 0.1) is 6.04 Å². The number of nitrogens with zero attached hydrogens (tertiary/aromatic N) is 3. The molecule has 23 heavy (non-hydrogen) atoms. The molecule has 2 amide bonds. The van der Waals surface area contributed by atoms with Gasteiger partial charge in [0.1, 0.15) is 10.8 Å². The van der Waals surface area contributed by atoms with Crippen LogP contribution >= 0.6 is 11.3 Å². The lowest BCUT2D eigenvalue weighted by Crippen LogP contribution is -2.37. The first-order valence-electron chi connectivity index (χ1n) is 7.58. The van der Waals surface area contributed by atoms with Crippen LogP contribution in [0.2, 0.25) is 0 Å². The second kappa shape index (κ2) is 7.92. The van der Waals surface area contributed by atoms with E-state index in [-0.39, 0.29) is 12.1 Å². The van der Waals surface area contributed by atoms with E-state index < -0.39 is 0 Å². The fourth-order valence-corrected chi connectivity index (χ4v) is 3.16. The number of amides is 2. The molecule has 0 aromatic carbocycles. The van der Waals surface area contributed by atoms with E-state index in [0.29, 0.717) is 6.54 Å². The van der Waals surface area contributed by atoms with Gasteiger partial charge in [0.2, 0.25) is 0 Å². The van der Waals surface area contributed by atoms with Gasteiger partial charge in [-0.25, -0.2) is 14.8 Å². The quantitative estimate of drug-likeness (QED) is 0.853. The number of pyridine rings is 1. The predicted octanol–water partition coefficient (Wildman–Crippen LogP) is 2.86. The Labute approximate surface area is 141 Å². The third-order valence-electron chi connectivity index (χ3n) is 3.38. The van der Waals surface area contributed by atoms with Crippen LogP contribution in [0.1, 0.15) is 35.7 Å². The number of hydrogen-bond acceptors (Lipinski definition) is 5. The van der Waals surface area contributed by atoms with Crippen molar-refractivity contribution in [3.63, 3.8) is 0 Å². The zero-order valence-electron chi connectivity index (χ0n) is 14.0. The van der Waals surface area contributed by atoms with E-state index >= 15 is 0 Å². The molecule has 2 rings (SSSR count). The molecule has 0 radical (unpaired) electrons. The van der Waals surface area contributed by atoms with Crippen molar-refractivity contribution < 1.29 is 4.79 Å². The van der Waals surface area contributed by atoms with E-state index in [1.165, 1.54) is 0 Å². The summed E-state index contributed by atoms with van der Waals surface area (Å²) in [5.74, 6) is 0.857. The first-order chi connectivity index (χ1) is 11.0. The fourth-order valence-electron chi connectivity index (χ4n) is 2.23. The van der Waals surface area contributed by atoms with Crippen molar-refractivity contribution in [1.29, 1.82) is 0 Å². The van der Waals surface area contributed by atoms with E-state index in [1.807, 2.05) is 50.4 Å². The molecule has 0 fully saturated rings. The van der Waals surface area contributed by atoms with Crippen molar-refractivity contribution in [3.05, 3.63) is 40.0 Å². The van der Waals surface area contributed by atoms with Gasteiger partial charge >= 0.3 is 6.03 Å². The van der Waals surface area contributed by atoms with E-state index in [2.05, 4.69) is 20.6 Å². The highest BCUT2D eigenvalue weighted by Gasteiger charge is 2.16. The first kappa shape index (κ1) is 17.2. The molecule has 0 aliphatic carbocycles. The summed E-state index contributed by atoms with van der Waals surface area (Å²) < 4.78 is 0. The Hall–Kier alpha value is -2.15. The van der Waals surface area contributed by atoms with Gasteiger partial charge in [0.25, 0.3) is 0 Å². The smallest absolute Gasteiger partial charge is 0.315 e. The second-order valence-electron chi connectivity index (χ2n) is 5.50. The van der Waals surface area contributed by atoms with Gasteiger partial charge in [-0.3, -0.25) is 0 Å². The molecule has 2 aromatic heterocycles. The zero-order valence-corrected chi connectivity index (χ0v) is 14.8. The van der Waals surface area contributed by atoms with Crippen molar-refractivity contribution in [2.75, 3.05) is 19.0 Å². The number of aromatic nitrogens is 2. The molecule has 0 saturated carbocycles. The minimum absolute atomic E-state index is 0.0593. The minimum atomic E-state index is -0.196. The molecular weight excluding hydrogens is 310 g/mol. The summed E-state index contributed by atoms with van der Waals surface area (Å²) in [5, 5.41) is 8.81. The molecule has 1 atom stereocenters. The van der Waals surface area contributed by atoms with Crippen molar-refractivity contribution in [2.45, 2.75) is 32.9 Å². The average Bonchev–Trinajstić information content (AvgIpc) is 2.97. The topological polar surface area (TPSA) is 70.2 Å². The highest BCUT2D eigenvalue weighted by molar-refractivity contribution is 7.09. The monoisotopic (exact) mass is 333 g/mol. The zero-order chi connectivity index (χ0) is 16.8. The van der Waals surface area contributed by atoms with Gasteiger partial charge in [-0.2, -0.15) is 0 Å². The van der Waals surface area contributed by atoms with Gasteiger partial charge < -0.3 is 15.5 Å². The Morgan fingerprint density at radius 2 is 2.22 bits per heavy atom. The Balaban J connectivity index is 1.95. The summed E-state index contributed by atoms with van der Waals surface area (Å²) in [4.78, 5) is 22.9. The molecule has 2 heterocycles. The highest BCUT2D eigenvalue weighted by atomic mass is 32.1. The number of rotatable bonds is 6. The maximum absolute atomic E-state index is 12.2. The second-order valence-corrected chi connectivity index (χ2v) is 6.39. The lowest BCUT2D eigenvalue weighted by molar-refractivity contribution is 0.236. The van der Waals surface area contributed by atoms with Gasteiger partial charge in [-0.1, -0.05) is 13.0 Å². The van der Waals surface area contributed by atoms with E-state index in [1.54, 1.807) is 17.5 Å². The summed E-state index contributed by atoms with van der Waals surface area (Å²) in [6, 6.07) is 3.58. The third kappa shape index (κ3) is 4.66. The van der Waals surface area contributed by atoms with Crippen molar-refractivity contribution in [3.8, 4) is 0 Å². The van der Waals surface area contributed by atoms with E-state index in [0.717, 1.165) is 28.5 Å². The molecule has 2 N–H and O–H groups in total. The third-order valence-corrected chi connectivity index (χ3v) is 4.46. The highest BCUT2D eigenvalue weighted by Crippen LogP contribution is 2.20. The molecule has 0 spiro atoms.